The summed E-state index contributed by atoms with van der Waals surface area (Å²) < 4.78 is 5.47. The molecule has 0 aliphatic heterocycles. The predicted octanol–water partition coefficient (Wildman–Crippen LogP) is 21.1. The van der Waals surface area contributed by atoms with Gasteiger partial charge in [0, 0.05) is 12.8 Å². The molecule has 1 amide bonds. The smallest absolute Gasteiger partial charge is 0.305 e. The average molecular weight is 1040 g/mol. The molecule has 74 heavy (non-hydrogen) atoms. The second kappa shape index (κ2) is 63.6. The van der Waals surface area contributed by atoms with Crippen molar-refractivity contribution < 1.29 is 24.5 Å². The van der Waals surface area contributed by atoms with Gasteiger partial charge in [0.15, 0.2) is 0 Å². The average Bonchev–Trinajstić information content (AvgIpc) is 3.40. The van der Waals surface area contributed by atoms with Crippen LogP contribution in [0.25, 0.3) is 0 Å². The fraction of sp³-hybridized carbons (Fsp3) is 0.882. The third-order valence-corrected chi connectivity index (χ3v) is 15.4. The summed E-state index contributed by atoms with van der Waals surface area (Å²) in [6.07, 6.45) is 80.3. The number of esters is 1. The molecule has 0 aliphatic carbocycles. The first-order valence-corrected chi connectivity index (χ1v) is 33.2. The van der Waals surface area contributed by atoms with Gasteiger partial charge in [0.2, 0.25) is 5.91 Å². The van der Waals surface area contributed by atoms with Crippen LogP contribution < -0.4 is 5.32 Å². The van der Waals surface area contributed by atoms with Crippen LogP contribution in [0.4, 0.5) is 0 Å². The van der Waals surface area contributed by atoms with E-state index >= 15 is 0 Å². The molecule has 0 bridgehead atoms. The molecule has 436 valence electrons. The normalized spacial score (nSPS) is 12.8. The van der Waals surface area contributed by atoms with Gasteiger partial charge in [0.05, 0.1) is 25.4 Å². The van der Waals surface area contributed by atoms with Crippen LogP contribution in [0, 0.1) is 0 Å². The van der Waals surface area contributed by atoms with E-state index in [1.165, 1.54) is 276 Å². The van der Waals surface area contributed by atoms with Crippen molar-refractivity contribution in [3.8, 4) is 0 Å². The minimum Gasteiger partial charge on any atom is -0.466 e. The molecule has 2 atom stereocenters. The summed E-state index contributed by atoms with van der Waals surface area (Å²) in [5, 5.41) is 23.4. The van der Waals surface area contributed by atoms with Gasteiger partial charge in [-0.05, 0) is 77.0 Å². The lowest BCUT2D eigenvalue weighted by atomic mass is 10.0. The summed E-state index contributed by atoms with van der Waals surface area (Å²) in [6.45, 7) is 4.91. The Balaban J connectivity index is 3.41. The van der Waals surface area contributed by atoms with E-state index in [1.54, 1.807) is 0 Å². The van der Waals surface area contributed by atoms with Gasteiger partial charge in [0.1, 0.15) is 0 Å². The van der Waals surface area contributed by atoms with Crippen molar-refractivity contribution in [3.63, 3.8) is 0 Å². The lowest BCUT2D eigenvalue weighted by molar-refractivity contribution is -0.143. The molecule has 0 fully saturated rings. The van der Waals surface area contributed by atoms with Gasteiger partial charge in [-0.15, -0.1) is 0 Å². The number of unbranched alkanes of at least 4 members (excludes halogenated alkanes) is 45. The highest BCUT2D eigenvalue weighted by Crippen LogP contribution is 2.18. The standard InChI is InChI=1S/C68H129NO5/c1-3-5-7-9-11-13-15-17-18-19-20-27-30-33-37-40-44-48-52-56-60-66(71)65(64-70)69-67(72)61-57-53-49-45-41-38-34-31-28-25-23-21-22-24-26-29-32-35-39-43-47-51-55-59-63-74-68(73)62-58-54-50-46-42-36-16-14-12-10-8-6-4-2/h8,10,14,16,23,25,65-66,70-71H,3-7,9,11-13,15,17-22,24,26-64H2,1-2H3,(H,69,72)/b10-8-,16-14-,25-23-. The number of amides is 1. The molecule has 0 saturated heterocycles. The summed E-state index contributed by atoms with van der Waals surface area (Å²) in [5.41, 5.74) is 0. The van der Waals surface area contributed by atoms with Crippen LogP contribution in [-0.4, -0.2) is 47.4 Å². The van der Waals surface area contributed by atoms with Gasteiger partial charge in [-0.3, -0.25) is 9.59 Å². The fourth-order valence-electron chi connectivity index (χ4n) is 10.3. The number of hydrogen-bond donors (Lipinski definition) is 3. The Morgan fingerprint density at radius 2 is 0.703 bits per heavy atom. The molecule has 2 unspecified atom stereocenters. The van der Waals surface area contributed by atoms with Crippen molar-refractivity contribution in [2.24, 2.45) is 0 Å². The van der Waals surface area contributed by atoms with E-state index in [9.17, 15) is 19.8 Å². The Kier molecular flexibility index (Phi) is 62.0. The molecule has 0 saturated carbocycles. The number of hydrogen-bond acceptors (Lipinski definition) is 5. The van der Waals surface area contributed by atoms with E-state index in [1.807, 2.05) is 0 Å². The van der Waals surface area contributed by atoms with Crippen LogP contribution in [0.5, 0.6) is 0 Å². The van der Waals surface area contributed by atoms with Gasteiger partial charge in [-0.2, -0.15) is 0 Å². The topological polar surface area (TPSA) is 95.9 Å². The highest BCUT2D eigenvalue weighted by atomic mass is 16.5. The number of carbonyl (C=O) groups excluding carboxylic acids is 2. The van der Waals surface area contributed by atoms with Crippen LogP contribution >= 0.6 is 0 Å². The first kappa shape index (κ1) is 72.1. The molecule has 6 nitrogen and oxygen atoms in total. The Morgan fingerprint density at radius 3 is 1.09 bits per heavy atom. The monoisotopic (exact) mass is 1040 g/mol. The number of aliphatic hydroxyl groups is 2. The Labute approximate surface area is 462 Å². The summed E-state index contributed by atoms with van der Waals surface area (Å²) >= 11 is 0. The van der Waals surface area contributed by atoms with E-state index < -0.39 is 12.1 Å². The van der Waals surface area contributed by atoms with Crippen molar-refractivity contribution in [2.75, 3.05) is 13.2 Å². The molecule has 0 aromatic heterocycles. The number of carbonyl (C=O) groups is 2. The Morgan fingerprint density at radius 1 is 0.378 bits per heavy atom. The molecule has 0 aromatic rings. The highest BCUT2D eigenvalue weighted by Gasteiger charge is 2.20. The quantitative estimate of drug-likeness (QED) is 0.0320. The SMILES string of the molecule is CCC/C=C\C/C=C\CCCCCCCC(=O)OCCCCCCCCCCCCCC/C=C\CCCCCCCCCCC(=O)NC(CO)C(O)CCCCCCCCCCCCCCCCCCCCCC. The molecule has 0 heterocycles. The highest BCUT2D eigenvalue weighted by molar-refractivity contribution is 5.76. The van der Waals surface area contributed by atoms with Gasteiger partial charge in [0.25, 0.3) is 0 Å². The minimum absolute atomic E-state index is 0.00254. The largest absolute Gasteiger partial charge is 0.466 e. The lowest BCUT2D eigenvalue weighted by Gasteiger charge is -2.22. The Hall–Kier alpha value is -1.92. The molecule has 0 radical (unpaired) electrons. The van der Waals surface area contributed by atoms with Crippen LogP contribution in [-0.2, 0) is 14.3 Å². The summed E-state index contributed by atoms with van der Waals surface area (Å²) in [4.78, 5) is 24.6. The molecule has 6 heteroatoms. The van der Waals surface area contributed by atoms with E-state index in [0.717, 1.165) is 51.4 Å². The first-order chi connectivity index (χ1) is 36.5. The molecule has 0 rings (SSSR count). The third kappa shape index (κ3) is 59.3. The molecule has 0 aromatic carbocycles. The van der Waals surface area contributed by atoms with E-state index in [0.29, 0.717) is 25.9 Å². The fourth-order valence-corrected chi connectivity index (χ4v) is 10.3. The molecular weight excluding hydrogens is 911 g/mol. The number of aliphatic hydroxyl groups excluding tert-OH is 2. The van der Waals surface area contributed by atoms with Crippen molar-refractivity contribution in [1.29, 1.82) is 0 Å². The molecule has 0 spiro atoms. The van der Waals surface area contributed by atoms with Gasteiger partial charge in [-0.25, -0.2) is 0 Å². The second-order valence-electron chi connectivity index (χ2n) is 22.8. The minimum atomic E-state index is -0.668. The zero-order valence-corrected chi connectivity index (χ0v) is 49.8. The summed E-state index contributed by atoms with van der Waals surface area (Å²) in [5.74, 6) is -0.0390. The van der Waals surface area contributed by atoms with Crippen LogP contribution in [0.3, 0.4) is 0 Å². The van der Waals surface area contributed by atoms with Crippen molar-refractivity contribution in [2.45, 2.75) is 373 Å². The van der Waals surface area contributed by atoms with Crippen molar-refractivity contribution >= 4 is 11.9 Å². The first-order valence-electron chi connectivity index (χ1n) is 33.2. The maximum atomic E-state index is 12.5. The number of nitrogens with one attached hydrogen (secondary N) is 1. The van der Waals surface area contributed by atoms with E-state index in [2.05, 4.69) is 55.6 Å². The van der Waals surface area contributed by atoms with Crippen LogP contribution in [0.2, 0.25) is 0 Å². The molecule has 0 aliphatic rings. The third-order valence-electron chi connectivity index (χ3n) is 15.4. The maximum absolute atomic E-state index is 12.5. The van der Waals surface area contributed by atoms with Crippen LogP contribution in [0.15, 0.2) is 36.5 Å². The van der Waals surface area contributed by atoms with E-state index in [-0.39, 0.29) is 18.5 Å². The van der Waals surface area contributed by atoms with Gasteiger partial charge in [-0.1, -0.05) is 307 Å². The molecule has 3 N–H and O–H groups in total. The summed E-state index contributed by atoms with van der Waals surface area (Å²) in [6, 6.07) is -0.546. The zero-order valence-electron chi connectivity index (χ0n) is 49.8. The van der Waals surface area contributed by atoms with Gasteiger partial charge >= 0.3 is 5.97 Å². The number of allylic oxidation sites excluding steroid dienone is 6. The predicted molar refractivity (Wildman–Crippen MR) is 324 cm³/mol. The maximum Gasteiger partial charge on any atom is 0.305 e. The van der Waals surface area contributed by atoms with E-state index in [4.69, 9.17) is 4.74 Å². The number of rotatable bonds is 62. The Bertz CT molecular complexity index is 1200. The number of ether oxygens (including phenoxy) is 1. The molecular formula is C68H129NO5. The lowest BCUT2D eigenvalue weighted by Crippen LogP contribution is -2.45. The van der Waals surface area contributed by atoms with Gasteiger partial charge < -0.3 is 20.3 Å². The van der Waals surface area contributed by atoms with Crippen LogP contribution in [0.1, 0.15) is 361 Å². The van der Waals surface area contributed by atoms with Crippen molar-refractivity contribution in [1.82, 2.24) is 5.32 Å². The second-order valence-corrected chi connectivity index (χ2v) is 22.8. The van der Waals surface area contributed by atoms with Crippen molar-refractivity contribution in [3.05, 3.63) is 36.5 Å². The zero-order chi connectivity index (χ0) is 53.6. The summed E-state index contributed by atoms with van der Waals surface area (Å²) in [7, 11) is 0.